The molecule has 1 rings (SSSR count). The van der Waals surface area contributed by atoms with Crippen molar-refractivity contribution >= 4 is 12.4 Å². The average Bonchev–Trinajstić information content (AvgIpc) is 2.26. The molecule has 2 atom stereocenters. The molecule has 0 heterocycles. The number of rotatable bonds is 3. The highest BCUT2D eigenvalue weighted by molar-refractivity contribution is 5.85. The van der Waals surface area contributed by atoms with Crippen molar-refractivity contribution in [3.8, 4) is 0 Å². The summed E-state index contributed by atoms with van der Waals surface area (Å²) in [5, 5.41) is 10.0. The molecule has 0 saturated heterocycles. The Hall–Kier alpha value is -0.780. The molecule has 2 nitrogen and oxygen atoms in total. The predicted molar refractivity (Wildman–Crippen MR) is 75.7 cm³/mol. The Morgan fingerprint density at radius 3 is 2.10 bits per heavy atom. The van der Waals surface area contributed by atoms with Crippen molar-refractivity contribution in [2.75, 3.05) is 0 Å². The molecule has 1 aromatic carbocycles. The second-order valence-corrected chi connectivity index (χ2v) is 5.81. The third-order valence-electron chi connectivity index (χ3n) is 3.21. The molecule has 0 unspecified atom stereocenters. The van der Waals surface area contributed by atoms with Crippen LogP contribution in [0.4, 0.5) is 13.2 Å². The van der Waals surface area contributed by atoms with Gasteiger partial charge in [0.2, 0.25) is 0 Å². The van der Waals surface area contributed by atoms with Crippen molar-refractivity contribution < 1.29 is 18.3 Å². The number of aliphatic hydroxyl groups is 1. The molecule has 0 aromatic heterocycles. The van der Waals surface area contributed by atoms with Gasteiger partial charge in [0.25, 0.3) is 0 Å². The second kappa shape index (κ2) is 6.78. The number of hydrogen-bond donors (Lipinski definition) is 2. The maximum atomic E-state index is 12.8. The van der Waals surface area contributed by atoms with Crippen LogP contribution in [0.5, 0.6) is 0 Å². The number of aliphatic hydroxyl groups excluding tert-OH is 1. The van der Waals surface area contributed by atoms with Crippen molar-refractivity contribution in [3.63, 3.8) is 0 Å². The summed E-state index contributed by atoms with van der Waals surface area (Å²) in [6, 6.07) is 4.67. The quantitative estimate of drug-likeness (QED) is 0.888. The lowest BCUT2D eigenvalue weighted by molar-refractivity contribution is -0.139. The summed E-state index contributed by atoms with van der Waals surface area (Å²) in [6.45, 7) is 5.67. The first-order valence-corrected chi connectivity index (χ1v) is 6.13. The number of halogens is 4. The third kappa shape index (κ3) is 4.96. The van der Waals surface area contributed by atoms with Crippen LogP contribution in [0.3, 0.4) is 0 Å². The molecule has 1 aromatic rings. The molecule has 0 aliphatic rings. The van der Waals surface area contributed by atoms with E-state index >= 15 is 0 Å². The standard InChI is InChI=1S/C14H20F3NO.ClH/c1-13(2,3)12(18)8-11(19)9-6-4-5-7-10(9)14(15,16)17;/h4-7,11-12,19H,8,18H2,1-3H3;1H/t11-,12+;/m1./s1. The lowest BCUT2D eigenvalue weighted by Crippen LogP contribution is -2.36. The summed E-state index contributed by atoms with van der Waals surface area (Å²) in [4.78, 5) is 0. The van der Waals surface area contributed by atoms with Gasteiger partial charge in [0.1, 0.15) is 0 Å². The lowest BCUT2D eigenvalue weighted by atomic mass is 9.82. The first kappa shape index (κ1) is 19.2. The Balaban J connectivity index is 0.00000361. The summed E-state index contributed by atoms with van der Waals surface area (Å²) < 4.78 is 38.5. The molecular weight excluding hydrogens is 291 g/mol. The number of benzene rings is 1. The highest BCUT2D eigenvalue weighted by atomic mass is 35.5. The minimum atomic E-state index is -4.47. The van der Waals surface area contributed by atoms with Crippen molar-refractivity contribution in [1.29, 1.82) is 0 Å². The normalized spacial score (nSPS) is 15.4. The molecule has 0 aliphatic carbocycles. The zero-order chi connectivity index (χ0) is 14.8. The van der Waals surface area contributed by atoms with Gasteiger partial charge in [-0.3, -0.25) is 0 Å². The van der Waals surface area contributed by atoms with E-state index in [1.807, 2.05) is 20.8 Å². The Labute approximate surface area is 123 Å². The third-order valence-corrected chi connectivity index (χ3v) is 3.21. The van der Waals surface area contributed by atoms with Crippen molar-refractivity contribution in [2.45, 2.75) is 45.5 Å². The molecule has 0 spiro atoms. The molecule has 0 radical (unpaired) electrons. The van der Waals surface area contributed by atoms with Gasteiger partial charge in [-0.2, -0.15) is 13.2 Å². The summed E-state index contributed by atoms with van der Waals surface area (Å²) in [5.74, 6) is 0. The maximum absolute atomic E-state index is 12.8. The SMILES string of the molecule is CC(C)(C)[C@@H](N)C[C@@H](O)c1ccccc1C(F)(F)F.Cl. The van der Waals surface area contributed by atoms with E-state index in [1.165, 1.54) is 18.2 Å². The molecule has 0 bridgehead atoms. The van der Waals surface area contributed by atoms with E-state index in [1.54, 1.807) is 0 Å². The molecule has 3 N–H and O–H groups in total. The fourth-order valence-electron chi connectivity index (χ4n) is 1.77. The molecule has 0 amide bonds. The average molecular weight is 312 g/mol. The highest BCUT2D eigenvalue weighted by Crippen LogP contribution is 2.36. The van der Waals surface area contributed by atoms with Crippen molar-refractivity contribution in [2.24, 2.45) is 11.1 Å². The Bertz CT molecular complexity index is 429. The topological polar surface area (TPSA) is 46.2 Å². The van der Waals surface area contributed by atoms with Crippen molar-refractivity contribution in [3.05, 3.63) is 35.4 Å². The Morgan fingerprint density at radius 1 is 1.15 bits per heavy atom. The van der Waals surface area contributed by atoms with Crippen molar-refractivity contribution in [1.82, 2.24) is 0 Å². The van der Waals surface area contributed by atoms with Crippen LogP contribution < -0.4 is 5.73 Å². The largest absolute Gasteiger partial charge is 0.416 e. The predicted octanol–water partition coefficient (Wildman–Crippen LogP) is 3.92. The monoisotopic (exact) mass is 311 g/mol. The van der Waals surface area contributed by atoms with E-state index in [0.717, 1.165) is 6.07 Å². The fourth-order valence-corrected chi connectivity index (χ4v) is 1.77. The molecule has 6 heteroatoms. The lowest BCUT2D eigenvalue weighted by Gasteiger charge is -2.29. The van der Waals surface area contributed by atoms with Crippen LogP contribution in [0.2, 0.25) is 0 Å². The number of alkyl halides is 3. The van der Waals surface area contributed by atoms with E-state index in [4.69, 9.17) is 5.73 Å². The summed E-state index contributed by atoms with van der Waals surface area (Å²) in [6.07, 6.45) is -5.59. The molecule has 116 valence electrons. The minimum Gasteiger partial charge on any atom is -0.388 e. The first-order valence-electron chi connectivity index (χ1n) is 6.13. The van der Waals surface area contributed by atoms with Gasteiger partial charge in [0.05, 0.1) is 11.7 Å². The van der Waals surface area contributed by atoms with Gasteiger partial charge in [-0.05, 0) is 23.5 Å². The van der Waals surface area contributed by atoms with Gasteiger partial charge in [0, 0.05) is 6.04 Å². The highest BCUT2D eigenvalue weighted by Gasteiger charge is 2.35. The Morgan fingerprint density at radius 2 is 1.65 bits per heavy atom. The first-order chi connectivity index (χ1) is 8.53. The zero-order valence-electron chi connectivity index (χ0n) is 11.7. The smallest absolute Gasteiger partial charge is 0.388 e. The van der Waals surface area contributed by atoms with Crippen LogP contribution in [0.25, 0.3) is 0 Å². The molecular formula is C14H21ClF3NO. The summed E-state index contributed by atoms with van der Waals surface area (Å²) in [5.41, 5.74) is 4.72. The minimum absolute atomic E-state index is 0. The van der Waals surface area contributed by atoms with Crippen LogP contribution in [-0.4, -0.2) is 11.1 Å². The van der Waals surface area contributed by atoms with Gasteiger partial charge < -0.3 is 10.8 Å². The van der Waals surface area contributed by atoms with Gasteiger partial charge in [0.15, 0.2) is 0 Å². The van der Waals surface area contributed by atoms with E-state index < -0.39 is 17.8 Å². The van der Waals surface area contributed by atoms with E-state index in [0.29, 0.717) is 0 Å². The van der Waals surface area contributed by atoms with Crippen LogP contribution in [0.15, 0.2) is 24.3 Å². The zero-order valence-corrected chi connectivity index (χ0v) is 12.6. The van der Waals surface area contributed by atoms with E-state index in [-0.39, 0.29) is 35.8 Å². The van der Waals surface area contributed by atoms with Crippen LogP contribution in [0, 0.1) is 5.41 Å². The van der Waals surface area contributed by atoms with Gasteiger partial charge in [-0.15, -0.1) is 12.4 Å². The fraction of sp³-hybridized carbons (Fsp3) is 0.571. The van der Waals surface area contributed by atoms with Crippen LogP contribution >= 0.6 is 12.4 Å². The van der Waals surface area contributed by atoms with Gasteiger partial charge in [-0.1, -0.05) is 39.0 Å². The van der Waals surface area contributed by atoms with Crippen LogP contribution in [0.1, 0.15) is 44.4 Å². The Kier molecular flexibility index (Phi) is 6.52. The number of hydrogen-bond acceptors (Lipinski definition) is 2. The molecule has 0 fully saturated rings. The molecule has 20 heavy (non-hydrogen) atoms. The number of nitrogens with two attached hydrogens (primary N) is 1. The summed E-state index contributed by atoms with van der Waals surface area (Å²) in [7, 11) is 0. The van der Waals surface area contributed by atoms with E-state index in [9.17, 15) is 18.3 Å². The maximum Gasteiger partial charge on any atom is 0.416 e. The summed E-state index contributed by atoms with van der Waals surface area (Å²) >= 11 is 0. The van der Waals surface area contributed by atoms with Gasteiger partial charge >= 0.3 is 6.18 Å². The molecule has 0 aliphatic heterocycles. The molecule has 0 saturated carbocycles. The second-order valence-electron chi connectivity index (χ2n) is 5.81. The van der Waals surface area contributed by atoms with Crippen LogP contribution in [-0.2, 0) is 6.18 Å². The van der Waals surface area contributed by atoms with Gasteiger partial charge in [-0.25, -0.2) is 0 Å². The van der Waals surface area contributed by atoms with E-state index in [2.05, 4.69) is 0 Å².